The van der Waals surface area contributed by atoms with Crippen LogP contribution in [0.3, 0.4) is 0 Å². The highest BCUT2D eigenvalue weighted by atomic mass is 79.9. The van der Waals surface area contributed by atoms with E-state index in [0.29, 0.717) is 0 Å². The highest BCUT2D eigenvalue weighted by molar-refractivity contribution is 9.10. The lowest BCUT2D eigenvalue weighted by atomic mass is 10.1. The van der Waals surface area contributed by atoms with Crippen molar-refractivity contribution in [3.05, 3.63) is 44.7 Å². The number of pyridine rings is 1. The maximum Gasteiger partial charge on any atom is 0.251 e. The van der Waals surface area contributed by atoms with Crippen molar-refractivity contribution < 1.29 is 0 Å². The largest absolute Gasteiger partial charge is 0.322 e. The molecule has 84 valence electrons. The third-order valence-corrected chi connectivity index (χ3v) is 3.18. The second-order valence-corrected chi connectivity index (χ2v) is 4.87. The van der Waals surface area contributed by atoms with Gasteiger partial charge in [-0.15, -0.1) is 0 Å². The summed E-state index contributed by atoms with van der Waals surface area (Å²) in [5.74, 6) is 0. The lowest BCUT2D eigenvalue weighted by molar-refractivity contribution is 0.788. The van der Waals surface area contributed by atoms with Crippen molar-refractivity contribution in [3.8, 4) is 0 Å². The van der Waals surface area contributed by atoms with Crippen LogP contribution in [0.2, 0.25) is 0 Å². The fourth-order valence-electron chi connectivity index (χ4n) is 1.78. The molecule has 0 bridgehead atoms. The van der Waals surface area contributed by atoms with Crippen molar-refractivity contribution in [1.29, 1.82) is 0 Å². The number of nitrogens with one attached hydrogen (secondary N) is 1. The Labute approximate surface area is 103 Å². The summed E-state index contributed by atoms with van der Waals surface area (Å²) in [5.41, 5.74) is 1.82. The summed E-state index contributed by atoms with van der Waals surface area (Å²) in [5, 5.41) is 1.08. The molecule has 16 heavy (non-hydrogen) atoms. The second-order valence-electron chi connectivity index (χ2n) is 3.96. The van der Waals surface area contributed by atoms with Crippen molar-refractivity contribution in [2.45, 2.75) is 26.2 Å². The molecule has 2 rings (SSSR count). The zero-order valence-electron chi connectivity index (χ0n) is 9.22. The summed E-state index contributed by atoms with van der Waals surface area (Å²) in [6, 6.07) is 7.88. The minimum absolute atomic E-state index is 0.0447. The zero-order chi connectivity index (χ0) is 11.5. The third-order valence-electron chi connectivity index (χ3n) is 2.68. The van der Waals surface area contributed by atoms with Crippen molar-refractivity contribution >= 4 is 26.8 Å². The van der Waals surface area contributed by atoms with E-state index < -0.39 is 0 Å². The van der Waals surface area contributed by atoms with E-state index in [2.05, 4.69) is 27.8 Å². The molecule has 0 aliphatic rings. The number of hydrogen-bond donors (Lipinski definition) is 1. The summed E-state index contributed by atoms with van der Waals surface area (Å²) in [6.45, 7) is 2.13. The average molecular weight is 280 g/mol. The predicted molar refractivity (Wildman–Crippen MR) is 70.9 cm³/mol. The lowest BCUT2D eigenvalue weighted by Gasteiger charge is -2.03. The Bertz CT molecular complexity index is 559. The smallest absolute Gasteiger partial charge is 0.251 e. The number of unbranched alkanes of at least 4 members (excludes halogenated alkanes) is 1. The van der Waals surface area contributed by atoms with Crippen LogP contribution >= 0.6 is 15.9 Å². The van der Waals surface area contributed by atoms with Crippen LogP contribution in [-0.4, -0.2) is 4.98 Å². The molecule has 0 amide bonds. The monoisotopic (exact) mass is 279 g/mol. The van der Waals surface area contributed by atoms with E-state index in [1.807, 2.05) is 24.3 Å². The molecule has 0 spiro atoms. The van der Waals surface area contributed by atoms with Gasteiger partial charge in [-0.05, 0) is 42.5 Å². The number of rotatable bonds is 3. The van der Waals surface area contributed by atoms with Crippen LogP contribution in [-0.2, 0) is 6.42 Å². The van der Waals surface area contributed by atoms with Gasteiger partial charge in [-0.2, -0.15) is 0 Å². The van der Waals surface area contributed by atoms with Gasteiger partial charge in [0, 0.05) is 15.6 Å². The van der Waals surface area contributed by atoms with Crippen LogP contribution in [0.25, 0.3) is 10.9 Å². The molecule has 1 aromatic carbocycles. The van der Waals surface area contributed by atoms with Gasteiger partial charge in [0.05, 0.1) is 0 Å². The summed E-state index contributed by atoms with van der Waals surface area (Å²) in [6.07, 6.45) is 3.02. The number of benzene rings is 1. The third kappa shape index (κ3) is 2.35. The van der Waals surface area contributed by atoms with Crippen LogP contribution in [0, 0.1) is 0 Å². The molecule has 0 fully saturated rings. The van der Waals surface area contributed by atoms with Gasteiger partial charge in [0.1, 0.15) is 0 Å². The van der Waals surface area contributed by atoms with E-state index in [1.165, 1.54) is 0 Å². The molecule has 0 unspecified atom stereocenters. The van der Waals surface area contributed by atoms with Gasteiger partial charge in [0.25, 0.3) is 5.56 Å². The van der Waals surface area contributed by atoms with Crippen LogP contribution in [0.15, 0.2) is 33.5 Å². The zero-order valence-corrected chi connectivity index (χ0v) is 10.8. The first-order valence-corrected chi connectivity index (χ1v) is 6.31. The molecule has 0 radical (unpaired) electrons. The van der Waals surface area contributed by atoms with E-state index in [9.17, 15) is 4.79 Å². The normalized spacial score (nSPS) is 10.9. The highest BCUT2D eigenvalue weighted by Crippen LogP contribution is 2.18. The molecular formula is C13H14BrNO. The number of fused-ring (bicyclic) bond motifs is 1. The molecule has 1 N–H and O–H groups in total. The van der Waals surface area contributed by atoms with Crippen LogP contribution < -0.4 is 5.56 Å². The fourth-order valence-corrected chi connectivity index (χ4v) is 2.15. The van der Waals surface area contributed by atoms with Crippen LogP contribution in [0.5, 0.6) is 0 Å². The van der Waals surface area contributed by atoms with Gasteiger partial charge in [-0.1, -0.05) is 29.3 Å². The molecule has 1 aromatic heterocycles. The summed E-state index contributed by atoms with van der Waals surface area (Å²) >= 11 is 3.44. The maximum absolute atomic E-state index is 11.8. The molecule has 0 aliphatic heterocycles. The quantitative estimate of drug-likeness (QED) is 0.914. The highest BCUT2D eigenvalue weighted by Gasteiger charge is 2.02. The first-order chi connectivity index (χ1) is 7.70. The van der Waals surface area contributed by atoms with Crippen molar-refractivity contribution in [2.75, 3.05) is 0 Å². The van der Waals surface area contributed by atoms with E-state index in [-0.39, 0.29) is 5.56 Å². The molecule has 0 atom stereocenters. The molecular weight excluding hydrogens is 266 g/mol. The Morgan fingerprint density at radius 2 is 2.12 bits per heavy atom. The number of aromatic amines is 1. The molecule has 0 saturated carbocycles. The summed E-state index contributed by atoms with van der Waals surface area (Å²) in [7, 11) is 0. The summed E-state index contributed by atoms with van der Waals surface area (Å²) in [4.78, 5) is 14.7. The minimum Gasteiger partial charge on any atom is -0.322 e. The van der Waals surface area contributed by atoms with Crippen molar-refractivity contribution in [1.82, 2.24) is 4.98 Å². The van der Waals surface area contributed by atoms with Gasteiger partial charge < -0.3 is 4.98 Å². The van der Waals surface area contributed by atoms with Crippen LogP contribution in [0.4, 0.5) is 0 Å². The number of aryl methyl sites for hydroxylation is 1. The Kier molecular flexibility index (Phi) is 3.44. The lowest BCUT2D eigenvalue weighted by Crippen LogP contribution is -2.12. The van der Waals surface area contributed by atoms with E-state index in [0.717, 1.165) is 40.2 Å². The summed E-state index contributed by atoms with van der Waals surface area (Å²) < 4.78 is 1.04. The maximum atomic E-state index is 11.8. The standard InChI is InChI=1S/C13H14BrNO/c1-2-3-4-9-7-10-8-11(14)5-6-12(10)15-13(9)16/h5-8H,2-4H2,1H3,(H,15,16). The number of aromatic nitrogens is 1. The van der Waals surface area contributed by atoms with Gasteiger partial charge in [0.2, 0.25) is 0 Å². The molecule has 1 heterocycles. The Balaban J connectivity index is 2.51. The Morgan fingerprint density at radius 1 is 1.31 bits per heavy atom. The van der Waals surface area contributed by atoms with Gasteiger partial charge >= 0.3 is 0 Å². The van der Waals surface area contributed by atoms with E-state index in [1.54, 1.807) is 0 Å². The first-order valence-electron chi connectivity index (χ1n) is 5.52. The second kappa shape index (κ2) is 4.83. The van der Waals surface area contributed by atoms with Crippen molar-refractivity contribution in [2.24, 2.45) is 0 Å². The number of H-pyrrole nitrogens is 1. The van der Waals surface area contributed by atoms with Gasteiger partial charge in [-0.3, -0.25) is 4.79 Å². The topological polar surface area (TPSA) is 32.9 Å². The Morgan fingerprint density at radius 3 is 2.88 bits per heavy atom. The van der Waals surface area contributed by atoms with Gasteiger partial charge in [0.15, 0.2) is 0 Å². The SMILES string of the molecule is CCCCc1cc2cc(Br)ccc2[nH]c1=O. The first kappa shape index (κ1) is 11.4. The van der Waals surface area contributed by atoms with E-state index >= 15 is 0 Å². The molecule has 0 saturated heterocycles. The van der Waals surface area contributed by atoms with Crippen molar-refractivity contribution in [3.63, 3.8) is 0 Å². The van der Waals surface area contributed by atoms with Gasteiger partial charge in [-0.25, -0.2) is 0 Å². The average Bonchev–Trinajstić information content (AvgIpc) is 2.27. The Hall–Kier alpha value is -1.09. The minimum atomic E-state index is 0.0447. The van der Waals surface area contributed by atoms with Crippen LogP contribution in [0.1, 0.15) is 25.3 Å². The number of hydrogen-bond acceptors (Lipinski definition) is 1. The molecule has 2 nitrogen and oxygen atoms in total. The predicted octanol–water partition coefficient (Wildman–Crippen LogP) is 3.63. The number of halogens is 1. The van der Waals surface area contributed by atoms with E-state index in [4.69, 9.17) is 0 Å². The fraction of sp³-hybridized carbons (Fsp3) is 0.308. The molecule has 0 aliphatic carbocycles. The molecule has 2 aromatic rings. The molecule has 3 heteroatoms.